The van der Waals surface area contributed by atoms with Crippen LogP contribution in [-0.2, 0) is 11.2 Å². The summed E-state index contributed by atoms with van der Waals surface area (Å²) < 4.78 is 0. The number of hydrogen-bond acceptors (Lipinski definition) is 3. The molecule has 0 aliphatic rings. The first-order valence-corrected chi connectivity index (χ1v) is 6.39. The lowest BCUT2D eigenvalue weighted by molar-refractivity contribution is -0.121. The largest absolute Gasteiger partial charge is 0.508 e. The van der Waals surface area contributed by atoms with Gasteiger partial charge in [-0.3, -0.25) is 4.79 Å². The number of carbonyl (C=O) groups excluding carboxylic acids is 1. The van der Waals surface area contributed by atoms with E-state index < -0.39 is 0 Å². The Kier molecular flexibility index (Phi) is 4.89. The number of benzene rings is 2. The van der Waals surface area contributed by atoms with Gasteiger partial charge in [-0.05, 0) is 41.8 Å². The Morgan fingerprint density at radius 3 is 2.50 bits per heavy atom. The van der Waals surface area contributed by atoms with Gasteiger partial charge in [-0.2, -0.15) is 5.10 Å². The number of aromatic hydroxyl groups is 1. The lowest BCUT2D eigenvalue weighted by atomic mass is 10.1. The number of phenolic OH excluding ortho intramolecular Hbond substituents is 1. The van der Waals surface area contributed by atoms with Crippen molar-refractivity contribution in [1.29, 1.82) is 0 Å². The second-order valence-corrected chi connectivity index (χ2v) is 4.37. The highest BCUT2D eigenvalue weighted by Gasteiger charge is 2.00. The van der Waals surface area contributed by atoms with Crippen LogP contribution in [-0.4, -0.2) is 17.2 Å². The van der Waals surface area contributed by atoms with E-state index in [-0.39, 0.29) is 11.7 Å². The second kappa shape index (κ2) is 7.09. The molecule has 0 saturated heterocycles. The molecular formula is C16H16N2O2. The van der Waals surface area contributed by atoms with Gasteiger partial charge in [-0.15, -0.1) is 0 Å². The number of nitrogens with one attached hydrogen (secondary N) is 1. The highest BCUT2D eigenvalue weighted by atomic mass is 16.3. The summed E-state index contributed by atoms with van der Waals surface area (Å²) in [5.41, 5.74) is 4.43. The van der Waals surface area contributed by atoms with Crippen molar-refractivity contribution < 1.29 is 9.90 Å². The standard InChI is InChI=1S/C16H16N2O2/c19-15-9-6-14(7-10-15)12-17-18-16(20)11-8-13-4-2-1-3-5-13/h1-7,9-10,12,19H,8,11H2,(H,18,20)/b17-12+. The summed E-state index contributed by atoms with van der Waals surface area (Å²) in [4.78, 5) is 11.6. The van der Waals surface area contributed by atoms with Crippen molar-refractivity contribution in [2.45, 2.75) is 12.8 Å². The van der Waals surface area contributed by atoms with Crippen LogP contribution in [0.4, 0.5) is 0 Å². The molecule has 4 heteroatoms. The van der Waals surface area contributed by atoms with Crippen molar-refractivity contribution >= 4 is 12.1 Å². The van der Waals surface area contributed by atoms with Gasteiger partial charge >= 0.3 is 0 Å². The number of aryl methyl sites for hydroxylation is 1. The minimum Gasteiger partial charge on any atom is -0.508 e. The predicted molar refractivity (Wildman–Crippen MR) is 78.6 cm³/mol. The zero-order valence-electron chi connectivity index (χ0n) is 11.0. The Morgan fingerprint density at radius 2 is 1.80 bits per heavy atom. The first-order valence-electron chi connectivity index (χ1n) is 6.39. The molecule has 0 aliphatic heterocycles. The number of rotatable bonds is 5. The Morgan fingerprint density at radius 1 is 1.10 bits per heavy atom. The molecule has 0 saturated carbocycles. The smallest absolute Gasteiger partial charge is 0.240 e. The van der Waals surface area contributed by atoms with Crippen LogP contribution >= 0.6 is 0 Å². The molecule has 0 unspecified atom stereocenters. The fourth-order valence-electron chi connectivity index (χ4n) is 1.70. The van der Waals surface area contributed by atoms with Crippen LogP contribution in [0, 0.1) is 0 Å². The van der Waals surface area contributed by atoms with Crippen LogP contribution < -0.4 is 5.43 Å². The lowest BCUT2D eigenvalue weighted by Crippen LogP contribution is -2.17. The molecule has 0 spiro atoms. The van der Waals surface area contributed by atoms with E-state index in [0.717, 1.165) is 11.1 Å². The van der Waals surface area contributed by atoms with Crippen molar-refractivity contribution in [2.24, 2.45) is 5.10 Å². The second-order valence-electron chi connectivity index (χ2n) is 4.37. The van der Waals surface area contributed by atoms with Crippen molar-refractivity contribution in [3.8, 4) is 5.75 Å². The first-order chi connectivity index (χ1) is 9.74. The highest BCUT2D eigenvalue weighted by Crippen LogP contribution is 2.07. The van der Waals surface area contributed by atoms with Crippen LogP contribution in [0.1, 0.15) is 17.5 Å². The van der Waals surface area contributed by atoms with Gasteiger partial charge in [0.15, 0.2) is 0 Å². The number of carbonyl (C=O) groups is 1. The molecule has 2 N–H and O–H groups in total. The van der Waals surface area contributed by atoms with E-state index in [1.165, 1.54) is 0 Å². The minimum atomic E-state index is -0.121. The van der Waals surface area contributed by atoms with Gasteiger partial charge in [0.1, 0.15) is 5.75 Å². The molecule has 0 heterocycles. The zero-order valence-corrected chi connectivity index (χ0v) is 11.0. The van der Waals surface area contributed by atoms with Gasteiger partial charge in [-0.25, -0.2) is 5.43 Å². The molecule has 4 nitrogen and oxygen atoms in total. The summed E-state index contributed by atoms with van der Waals surface area (Å²) in [6, 6.07) is 16.4. The quantitative estimate of drug-likeness (QED) is 0.646. The average Bonchev–Trinajstić information content (AvgIpc) is 2.48. The van der Waals surface area contributed by atoms with Gasteiger partial charge in [0.2, 0.25) is 5.91 Å². The van der Waals surface area contributed by atoms with E-state index in [1.807, 2.05) is 30.3 Å². The average molecular weight is 268 g/mol. The molecule has 0 aliphatic carbocycles. The van der Waals surface area contributed by atoms with Gasteiger partial charge in [-0.1, -0.05) is 30.3 Å². The summed E-state index contributed by atoms with van der Waals surface area (Å²) in [5.74, 6) is 0.0814. The molecule has 0 aromatic heterocycles. The van der Waals surface area contributed by atoms with E-state index >= 15 is 0 Å². The Balaban J connectivity index is 1.76. The van der Waals surface area contributed by atoms with Crippen molar-refractivity contribution in [3.63, 3.8) is 0 Å². The van der Waals surface area contributed by atoms with E-state index in [0.29, 0.717) is 12.8 Å². The molecule has 2 rings (SSSR count). The summed E-state index contributed by atoms with van der Waals surface area (Å²) in [5, 5.41) is 13.0. The van der Waals surface area contributed by atoms with Crippen LogP contribution in [0.3, 0.4) is 0 Å². The van der Waals surface area contributed by atoms with E-state index in [9.17, 15) is 4.79 Å². The number of nitrogens with zero attached hydrogens (tertiary/aromatic N) is 1. The summed E-state index contributed by atoms with van der Waals surface area (Å²) in [6.45, 7) is 0. The third-order valence-electron chi connectivity index (χ3n) is 2.78. The number of hydrogen-bond donors (Lipinski definition) is 2. The normalized spacial score (nSPS) is 10.6. The third kappa shape index (κ3) is 4.57. The third-order valence-corrected chi connectivity index (χ3v) is 2.78. The maximum absolute atomic E-state index is 11.6. The predicted octanol–water partition coefficient (Wildman–Crippen LogP) is 2.48. The molecule has 20 heavy (non-hydrogen) atoms. The summed E-state index contributed by atoms with van der Waals surface area (Å²) in [7, 11) is 0. The van der Waals surface area contributed by atoms with E-state index in [4.69, 9.17) is 5.11 Å². The molecular weight excluding hydrogens is 252 g/mol. The molecule has 2 aromatic rings. The summed E-state index contributed by atoms with van der Waals surface area (Å²) >= 11 is 0. The molecule has 1 amide bonds. The Labute approximate surface area is 117 Å². The van der Waals surface area contributed by atoms with Crippen molar-refractivity contribution in [1.82, 2.24) is 5.43 Å². The van der Waals surface area contributed by atoms with Gasteiger partial charge < -0.3 is 5.11 Å². The number of amides is 1. The SMILES string of the molecule is O=C(CCc1ccccc1)N/N=C/c1ccc(O)cc1. The number of phenols is 1. The van der Waals surface area contributed by atoms with Crippen LogP contribution in [0.2, 0.25) is 0 Å². The Hall–Kier alpha value is -2.62. The molecule has 0 radical (unpaired) electrons. The van der Waals surface area contributed by atoms with Crippen LogP contribution in [0.25, 0.3) is 0 Å². The van der Waals surface area contributed by atoms with Crippen molar-refractivity contribution in [3.05, 3.63) is 65.7 Å². The van der Waals surface area contributed by atoms with Crippen LogP contribution in [0.5, 0.6) is 5.75 Å². The maximum Gasteiger partial charge on any atom is 0.240 e. The molecule has 0 bridgehead atoms. The van der Waals surface area contributed by atoms with Gasteiger partial charge in [0, 0.05) is 6.42 Å². The van der Waals surface area contributed by atoms with Gasteiger partial charge in [0.05, 0.1) is 6.21 Å². The molecule has 2 aromatic carbocycles. The van der Waals surface area contributed by atoms with Crippen LogP contribution in [0.15, 0.2) is 59.7 Å². The molecule has 0 fully saturated rings. The fraction of sp³-hybridized carbons (Fsp3) is 0.125. The van der Waals surface area contributed by atoms with E-state index in [2.05, 4.69) is 10.5 Å². The first kappa shape index (κ1) is 13.8. The lowest BCUT2D eigenvalue weighted by Gasteiger charge is -2.00. The molecule has 0 atom stereocenters. The van der Waals surface area contributed by atoms with Crippen molar-refractivity contribution in [2.75, 3.05) is 0 Å². The zero-order chi connectivity index (χ0) is 14.2. The Bertz CT molecular complexity index is 577. The highest BCUT2D eigenvalue weighted by molar-refractivity contribution is 5.82. The van der Waals surface area contributed by atoms with Gasteiger partial charge in [0.25, 0.3) is 0 Å². The number of hydrazone groups is 1. The maximum atomic E-state index is 11.6. The fourth-order valence-corrected chi connectivity index (χ4v) is 1.70. The minimum absolute atomic E-state index is 0.121. The monoisotopic (exact) mass is 268 g/mol. The molecule has 102 valence electrons. The van der Waals surface area contributed by atoms with E-state index in [1.54, 1.807) is 30.5 Å². The summed E-state index contributed by atoms with van der Waals surface area (Å²) in [6.07, 6.45) is 2.64. The topological polar surface area (TPSA) is 61.7 Å².